The van der Waals surface area contributed by atoms with Crippen LogP contribution in [0.2, 0.25) is 0 Å². The topological polar surface area (TPSA) is 3.24 Å². The molecule has 1 rings (SSSR count). The summed E-state index contributed by atoms with van der Waals surface area (Å²) in [6.07, 6.45) is -2.18. The monoisotopic (exact) mass is 385 g/mol. The lowest BCUT2D eigenvalue weighted by molar-refractivity contribution is -0.137. The normalized spacial score (nSPS) is 13.4. The van der Waals surface area contributed by atoms with Gasteiger partial charge in [-0.1, -0.05) is 48.9 Å². The molecule has 5 heteroatoms. The summed E-state index contributed by atoms with van der Waals surface area (Å²) in [4.78, 5) is 1.99. The third kappa shape index (κ3) is 5.20. The molecule has 108 valence electrons. The Balaban J connectivity index is 2.81. The van der Waals surface area contributed by atoms with E-state index in [0.29, 0.717) is 16.2 Å². The fourth-order valence-electron chi connectivity index (χ4n) is 1.72. The first-order valence-electron chi connectivity index (χ1n) is 6.36. The van der Waals surface area contributed by atoms with Gasteiger partial charge >= 0.3 is 6.18 Å². The van der Waals surface area contributed by atoms with Crippen molar-refractivity contribution in [1.82, 2.24) is 0 Å². The summed E-state index contributed by atoms with van der Waals surface area (Å²) in [5.41, 5.74) is 0.0657. The summed E-state index contributed by atoms with van der Waals surface area (Å²) in [5.74, 6) is 0.594. The summed E-state index contributed by atoms with van der Waals surface area (Å²) in [7, 11) is 0. The maximum Gasteiger partial charge on any atom is 0.416 e. The number of halogens is 4. The zero-order valence-corrected chi connectivity index (χ0v) is 13.3. The van der Waals surface area contributed by atoms with Crippen LogP contribution in [0.5, 0.6) is 0 Å². The van der Waals surface area contributed by atoms with Crippen molar-refractivity contribution in [2.45, 2.75) is 32.9 Å². The highest BCUT2D eigenvalue weighted by Gasteiger charge is 2.30. The van der Waals surface area contributed by atoms with E-state index in [1.807, 2.05) is 4.90 Å². The second kappa shape index (κ2) is 7.36. The lowest BCUT2D eigenvalue weighted by Gasteiger charge is -2.24. The van der Waals surface area contributed by atoms with Crippen LogP contribution in [0.1, 0.15) is 32.3 Å². The van der Waals surface area contributed by atoms with Gasteiger partial charge in [-0.2, -0.15) is 13.2 Å². The predicted octanol–water partition coefficient (Wildman–Crippen LogP) is 5.34. The van der Waals surface area contributed by atoms with Crippen LogP contribution in [0.15, 0.2) is 24.3 Å². The molecule has 0 aliphatic carbocycles. The molecule has 0 N–H and O–H groups in total. The molecule has 0 aliphatic rings. The van der Waals surface area contributed by atoms with Crippen molar-refractivity contribution in [3.05, 3.63) is 29.8 Å². The van der Waals surface area contributed by atoms with Gasteiger partial charge in [0.15, 0.2) is 0 Å². The number of rotatable bonds is 6. The largest absolute Gasteiger partial charge is 0.416 e. The first-order valence-corrected chi connectivity index (χ1v) is 7.89. The van der Waals surface area contributed by atoms with Crippen molar-refractivity contribution in [2.75, 3.05) is 16.0 Å². The Morgan fingerprint density at radius 3 is 2.53 bits per heavy atom. The van der Waals surface area contributed by atoms with Crippen LogP contribution in [0.3, 0.4) is 0 Å². The van der Waals surface area contributed by atoms with E-state index in [1.54, 1.807) is 6.07 Å². The van der Waals surface area contributed by atoms with E-state index in [4.69, 9.17) is 0 Å². The number of hydrogen-bond donors (Lipinski definition) is 0. The van der Waals surface area contributed by atoms with Gasteiger partial charge < -0.3 is 4.90 Å². The van der Waals surface area contributed by atoms with Crippen molar-refractivity contribution in [1.29, 1.82) is 0 Å². The third-order valence-electron chi connectivity index (χ3n) is 3.27. The molecular weight excluding hydrogens is 366 g/mol. The molecule has 1 atom stereocenters. The van der Waals surface area contributed by atoms with Gasteiger partial charge in [0.05, 0.1) is 10.1 Å². The van der Waals surface area contributed by atoms with Crippen LogP contribution < -0.4 is 4.90 Å². The third-order valence-corrected chi connectivity index (χ3v) is 4.10. The smallest absolute Gasteiger partial charge is 0.362 e. The first-order chi connectivity index (χ1) is 8.88. The summed E-state index contributed by atoms with van der Waals surface area (Å²) in [6.45, 7) is 5.08. The molecule has 1 nitrogen and oxygen atoms in total. The quantitative estimate of drug-likeness (QED) is 0.363. The summed E-state index contributed by atoms with van der Waals surface area (Å²) in [5, 5.41) is 0. The van der Waals surface area contributed by atoms with Gasteiger partial charge in [-0.15, -0.1) is 0 Å². The molecule has 19 heavy (non-hydrogen) atoms. The van der Waals surface area contributed by atoms with Crippen molar-refractivity contribution in [2.24, 2.45) is 5.92 Å². The minimum Gasteiger partial charge on any atom is -0.362 e. The van der Waals surface area contributed by atoms with Gasteiger partial charge in [0.25, 0.3) is 0 Å². The summed E-state index contributed by atoms with van der Waals surface area (Å²) in [6, 6.07) is 5.56. The summed E-state index contributed by atoms with van der Waals surface area (Å²) >= 11 is 2.19. The molecule has 0 aromatic heterocycles. The Hall–Kier alpha value is -0.460. The Kier molecular flexibility index (Phi) is 6.42. The van der Waals surface area contributed by atoms with E-state index in [0.717, 1.165) is 25.5 Å². The van der Waals surface area contributed by atoms with Crippen molar-refractivity contribution >= 4 is 28.3 Å². The SMILES string of the molecule is CCC(C)CCN(CI)c1cccc(C(F)(F)F)c1. The number of anilines is 1. The first kappa shape index (κ1) is 16.6. The zero-order chi connectivity index (χ0) is 14.5. The van der Waals surface area contributed by atoms with Crippen LogP contribution in [0.4, 0.5) is 18.9 Å². The highest BCUT2D eigenvalue weighted by Crippen LogP contribution is 2.32. The molecule has 0 amide bonds. The maximum atomic E-state index is 12.7. The second-order valence-corrected chi connectivity index (χ2v) is 5.42. The van der Waals surface area contributed by atoms with Gasteiger partial charge in [0.1, 0.15) is 0 Å². The Morgan fingerprint density at radius 2 is 2.00 bits per heavy atom. The molecule has 0 fully saturated rings. The molecule has 1 unspecified atom stereocenters. The number of hydrogen-bond acceptors (Lipinski definition) is 1. The molecular formula is C14H19F3IN. The van der Waals surface area contributed by atoms with Gasteiger partial charge in [-0.3, -0.25) is 0 Å². The van der Waals surface area contributed by atoms with Crippen LogP contribution in [0.25, 0.3) is 0 Å². The molecule has 0 heterocycles. The Labute approximate surface area is 126 Å². The van der Waals surface area contributed by atoms with Crippen LogP contribution in [-0.4, -0.2) is 11.1 Å². The molecule has 0 saturated heterocycles. The standard InChI is InChI=1S/C14H19F3IN/c1-3-11(2)7-8-19(10-18)13-6-4-5-12(9-13)14(15,16)17/h4-6,9,11H,3,7-8,10H2,1-2H3. The number of alkyl halides is 4. The number of nitrogens with zero attached hydrogens (tertiary/aromatic N) is 1. The van der Waals surface area contributed by atoms with Crippen molar-refractivity contribution < 1.29 is 13.2 Å². The minimum atomic E-state index is -4.27. The lowest BCUT2D eigenvalue weighted by Crippen LogP contribution is -2.24. The highest BCUT2D eigenvalue weighted by molar-refractivity contribution is 14.1. The molecule has 0 saturated carbocycles. The lowest BCUT2D eigenvalue weighted by atomic mass is 10.0. The predicted molar refractivity (Wildman–Crippen MR) is 81.7 cm³/mol. The van der Waals surface area contributed by atoms with E-state index in [1.165, 1.54) is 12.1 Å². The number of benzene rings is 1. The maximum absolute atomic E-state index is 12.7. The Bertz CT molecular complexity index is 393. The molecule has 0 bridgehead atoms. The molecule has 1 aromatic carbocycles. The van der Waals surface area contributed by atoms with E-state index in [9.17, 15) is 13.2 Å². The van der Waals surface area contributed by atoms with Crippen molar-refractivity contribution in [3.8, 4) is 0 Å². The van der Waals surface area contributed by atoms with Gasteiger partial charge in [-0.25, -0.2) is 0 Å². The van der Waals surface area contributed by atoms with E-state index < -0.39 is 11.7 Å². The second-order valence-electron chi connectivity index (χ2n) is 4.73. The van der Waals surface area contributed by atoms with Gasteiger partial charge in [0.2, 0.25) is 0 Å². The van der Waals surface area contributed by atoms with E-state index in [2.05, 4.69) is 36.4 Å². The fraction of sp³-hybridized carbons (Fsp3) is 0.571. The molecule has 0 spiro atoms. The van der Waals surface area contributed by atoms with Gasteiger partial charge in [0, 0.05) is 12.2 Å². The van der Waals surface area contributed by atoms with Crippen LogP contribution in [-0.2, 0) is 6.18 Å². The molecule has 1 aromatic rings. The fourth-order valence-corrected chi connectivity index (χ4v) is 2.45. The highest BCUT2D eigenvalue weighted by atomic mass is 127. The minimum absolute atomic E-state index is 0.580. The molecule has 0 aliphatic heterocycles. The average molecular weight is 385 g/mol. The van der Waals surface area contributed by atoms with Crippen molar-refractivity contribution in [3.63, 3.8) is 0 Å². The van der Waals surface area contributed by atoms with Crippen LogP contribution in [0, 0.1) is 5.92 Å². The molecule has 0 radical (unpaired) electrons. The Morgan fingerprint density at radius 1 is 1.32 bits per heavy atom. The van der Waals surface area contributed by atoms with E-state index in [-0.39, 0.29) is 0 Å². The zero-order valence-electron chi connectivity index (χ0n) is 11.2. The average Bonchev–Trinajstić information content (AvgIpc) is 2.38. The van der Waals surface area contributed by atoms with Crippen LogP contribution >= 0.6 is 22.6 Å². The van der Waals surface area contributed by atoms with Gasteiger partial charge in [-0.05, 0) is 30.5 Å². The van der Waals surface area contributed by atoms with E-state index >= 15 is 0 Å². The summed E-state index contributed by atoms with van der Waals surface area (Å²) < 4.78 is 38.7.